The van der Waals surface area contributed by atoms with Gasteiger partial charge in [-0.1, -0.05) is 0 Å². The van der Waals surface area contributed by atoms with Gasteiger partial charge >= 0.3 is 5.97 Å². The number of hydrogen-bond acceptors (Lipinski definition) is 4. The molecule has 1 aromatic rings. The van der Waals surface area contributed by atoms with Crippen molar-refractivity contribution in [3.8, 4) is 0 Å². The van der Waals surface area contributed by atoms with E-state index >= 15 is 0 Å². The molecule has 16 heavy (non-hydrogen) atoms. The maximum Gasteiger partial charge on any atom is 0.329 e. The van der Waals surface area contributed by atoms with E-state index in [9.17, 15) is 4.79 Å². The Labute approximate surface area is 95.1 Å². The number of aliphatic carboxylic acids is 1. The monoisotopic (exact) mass is 223 g/mol. The largest absolute Gasteiger partial charge is 0.480 e. The van der Waals surface area contributed by atoms with Gasteiger partial charge in [-0.05, 0) is 33.8 Å². The molecule has 1 heterocycles. The Morgan fingerprint density at radius 1 is 1.31 bits per heavy atom. The van der Waals surface area contributed by atoms with Crippen molar-refractivity contribution >= 4 is 11.9 Å². The highest BCUT2D eigenvalue weighted by Crippen LogP contribution is 2.19. The Bertz CT molecular complexity index is 395. The Morgan fingerprint density at radius 2 is 1.75 bits per heavy atom. The number of nitrogens with zero attached hydrogens (tertiary/aromatic N) is 3. The van der Waals surface area contributed by atoms with E-state index in [1.807, 2.05) is 19.9 Å². The summed E-state index contributed by atoms with van der Waals surface area (Å²) in [7, 11) is 1.68. The van der Waals surface area contributed by atoms with E-state index in [4.69, 9.17) is 5.11 Å². The third kappa shape index (κ3) is 2.29. The minimum atomic E-state index is -1.03. The molecule has 0 aliphatic carbocycles. The van der Waals surface area contributed by atoms with Gasteiger partial charge in [0.25, 0.3) is 0 Å². The summed E-state index contributed by atoms with van der Waals surface area (Å²) in [6.07, 6.45) is 0. The lowest BCUT2D eigenvalue weighted by molar-refractivity contribution is -0.142. The molecule has 1 aromatic heterocycles. The Hall–Kier alpha value is -1.65. The van der Waals surface area contributed by atoms with Gasteiger partial charge in [0.05, 0.1) is 0 Å². The fourth-order valence-electron chi connectivity index (χ4n) is 1.25. The molecule has 5 heteroatoms. The molecular weight excluding hydrogens is 206 g/mol. The zero-order chi connectivity index (χ0) is 12.5. The predicted octanol–water partition coefficient (Wildman–Crippen LogP) is 1.39. The Morgan fingerprint density at radius 3 is 2.12 bits per heavy atom. The third-order valence-electron chi connectivity index (χ3n) is 2.63. The number of carbonyl (C=O) groups is 1. The van der Waals surface area contributed by atoms with Crippen LogP contribution in [0.15, 0.2) is 6.07 Å². The molecule has 0 aliphatic rings. The topological polar surface area (TPSA) is 66.3 Å². The van der Waals surface area contributed by atoms with Crippen LogP contribution in [0.5, 0.6) is 0 Å². The van der Waals surface area contributed by atoms with Gasteiger partial charge in [0, 0.05) is 18.4 Å². The third-order valence-corrected chi connectivity index (χ3v) is 2.63. The van der Waals surface area contributed by atoms with Crippen molar-refractivity contribution in [2.24, 2.45) is 0 Å². The molecule has 1 N–H and O–H groups in total. The van der Waals surface area contributed by atoms with Crippen molar-refractivity contribution in [1.29, 1.82) is 0 Å². The smallest absolute Gasteiger partial charge is 0.329 e. The Kier molecular flexibility index (Phi) is 3.16. The van der Waals surface area contributed by atoms with Gasteiger partial charge in [0.1, 0.15) is 5.54 Å². The fourth-order valence-corrected chi connectivity index (χ4v) is 1.25. The van der Waals surface area contributed by atoms with Crippen LogP contribution in [-0.4, -0.2) is 33.6 Å². The first-order chi connectivity index (χ1) is 7.25. The number of rotatable bonds is 3. The number of aryl methyl sites for hydroxylation is 2. The molecule has 0 atom stereocenters. The van der Waals surface area contributed by atoms with Gasteiger partial charge in [0.15, 0.2) is 0 Å². The van der Waals surface area contributed by atoms with Crippen LogP contribution in [0.25, 0.3) is 0 Å². The van der Waals surface area contributed by atoms with Gasteiger partial charge in [-0.25, -0.2) is 14.8 Å². The van der Waals surface area contributed by atoms with E-state index < -0.39 is 11.5 Å². The second-order valence-electron chi connectivity index (χ2n) is 4.37. The van der Waals surface area contributed by atoms with Gasteiger partial charge < -0.3 is 10.0 Å². The number of likely N-dealkylation sites (N-methyl/N-ethyl adjacent to an activating group) is 1. The van der Waals surface area contributed by atoms with Crippen molar-refractivity contribution in [2.75, 3.05) is 11.9 Å². The van der Waals surface area contributed by atoms with Crippen LogP contribution in [0.3, 0.4) is 0 Å². The second-order valence-corrected chi connectivity index (χ2v) is 4.37. The first-order valence-electron chi connectivity index (χ1n) is 5.04. The van der Waals surface area contributed by atoms with E-state index in [1.54, 1.807) is 25.8 Å². The highest BCUT2D eigenvalue weighted by molar-refractivity contribution is 5.81. The quantitative estimate of drug-likeness (QED) is 0.838. The molecule has 88 valence electrons. The molecule has 0 saturated heterocycles. The lowest BCUT2D eigenvalue weighted by Gasteiger charge is -2.31. The molecule has 0 saturated carbocycles. The molecule has 0 spiro atoms. The molecule has 0 aliphatic heterocycles. The molecule has 0 aromatic carbocycles. The maximum absolute atomic E-state index is 11.1. The van der Waals surface area contributed by atoms with Crippen molar-refractivity contribution in [2.45, 2.75) is 33.2 Å². The lowest BCUT2D eigenvalue weighted by atomic mass is 10.1. The molecule has 0 radical (unpaired) electrons. The van der Waals surface area contributed by atoms with Gasteiger partial charge in [-0.3, -0.25) is 0 Å². The molecule has 5 nitrogen and oxygen atoms in total. The number of hydrogen-bond donors (Lipinski definition) is 1. The lowest BCUT2D eigenvalue weighted by Crippen LogP contribution is -2.49. The van der Waals surface area contributed by atoms with Crippen molar-refractivity contribution in [3.05, 3.63) is 17.5 Å². The average Bonchev–Trinajstić information content (AvgIpc) is 2.14. The van der Waals surface area contributed by atoms with Crippen LogP contribution in [0, 0.1) is 13.8 Å². The van der Waals surface area contributed by atoms with E-state index in [0.29, 0.717) is 5.95 Å². The summed E-state index contributed by atoms with van der Waals surface area (Å²) < 4.78 is 0. The summed E-state index contributed by atoms with van der Waals surface area (Å²) in [4.78, 5) is 21.1. The number of anilines is 1. The highest BCUT2D eigenvalue weighted by atomic mass is 16.4. The van der Waals surface area contributed by atoms with E-state index in [-0.39, 0.29) is 0 Å². The summed E-state index contributed by atoms with van der Waals surface area (Å²) in [5.41, 5.74) is 0.631. The van der Waals surface area contributed by atoms with E-state index in [1.165, 1.54) is 0 Å². The standard InChI is InChI=1S/C11H17N3O2/c1-7-6-8(2)13-10(12-7)14(5)11(3,4)9(15)16/h6H,1-5H3,(H,15,16). The van der Waals surface area contributed by atoms with Crippen molar-refractivity contribution in [1.82, 2.24) is 9.97 Å². The average molecular weight is 223 g/mol. The SMILES string of the molecule is Cc1cc(C)nc(N(C)C(C)(C)C(=O)O)n1. The molecule has 0 amide bonds. The molecule has 0 bridgehead atoms. The van der Waals surface area contributed by atoms with Crippen LogP contribution >= 0.6 is 0 Å². The molecular formula is C11H17N3O2. The summed E-state index contributed by atoms with van der Waals surface area (Å²) in [5, 5.41) is 9.11. The fraction of sp³-hybridized carbons (Fsp3) is 0.545. The number of carboxylic acids is 1. The van der Waals surface area contributed by atoms with Gasteiger partial charge in [0.2, 0.25) is 5.95 Å². The summed E-state index contributed by atoms with van der Waals surface area (Å²) >= 11 is 0. The van der Waals surface area contributed by atoms with Crippen LogP contribution in [0.4, 0.5) is 5.95 Å². The number of aromatic nitrogens is 2. The summed E-state index contributed by atoms with van der Waals surface area (Å²) in [6, 6.07) is 1.85. The van der Waals surface area contributed by atoms with Crippen molar-refractivity contribution < 1.29 is 9.90 Å². The van der Waals surface area contributed by atoms with Gasteiger partial charge in [-0.2, -0.15) is 0 Å². The summed E-state index contributed by atoms with van der Waals surface area (Å²) in [5.74, 6) is -0.470. The van der Waals surface area contributed by atoms with Crippen LogP contribution < -0.4 is 4.90 Å². The highest BCUT2D eigenvalue weighted by Gasteiger charge is 2.33. The van der Waals surface area contributed by atoms with E-state index in [2.05, 4.69) is 9.97 Å². The first-order valence-corrected chi connectivity index (χ1v) is 5.04. The van der Waals surface area contributed by atoms with Gasteiger partial charge in [-0.15, -0.1) is 0 Å². The zero-order valence-electron chi connectivity index (χ0n) is 10.3. The second kappa shape index (κ2) is 4.08. The minimum Gasteiger partial charge on any atom is -0.480 e. The zero-order valence-corrected chi connectivity index (χ0v) is 10.3. The normalized spacial score (nSPS) is 11.3. The van der Waals surface area contributed by atoms with Crippen LogP contribution in [-0.2, 0) is 4.79 Å². The van der Waals surface area contributed by atoms with Crippen molar-refractivity contribution in [3.63, 3.8) is 0 Å². The first kappa shape index (κ1) is 12.4. The molecule has 0 unspecified atom stereocenters. The molecule has 0 fully saturated rings. The van der Waals surface area contributed by atoms with E-state index in [0.717, 1.165) is 11.4 Å². The number of carboxylic acid groups (broad SMARTS) is 1. The minimum absolute atomic E-state index is 0.435. The van der Waals surface area contributed by atoms with Crippen LogP contribution in [0.2, 0.25) is 0 Å². The Balaban J connectivity index is 3.14. The maximum atomic E-state index is 11.1. The predicted molar refractivity (Wildman–Crippen MR) is 61.6 cm³/mol. The van der Waals surface area contributed by atoms with Crippen LogP contribution in [0.1, 0.15) is 25.2 Å². The molecule has 1 rings (SSSR count). The summed E-state index contributed by atoms with van der Waals surface area (Å²) in [6.45, 7) is 6.96.